The average molecular weight is 426 g/mol. The van der Waals surface area contributed by atoms with Crippen molar-refractivity contribution in [2.45, 2.75) is 44.7 Å². The number of amides is 4. The van der Waals surface area contributed by atoms with Gasteiger partial charge < -0.3 is 16.0 Å². The Labute approximate surface area is 180 Å². The average Bonchev–Trinajstić information content (AvgIpc) is 2.78. The summed E-state index contributed by atoms with van der Waals surface area (Å²) < 4.78 is 14.4. The second-order valence-electron chi connectivity index (χ2n) is 7.97. The zero-order valence-electron chi connectivity index (χ0n) is 17.7. The summed E-state index contributed by atoms with van der Waals surface area (Å²) >= 11 is 0. The maximum absolute atomic E-state index is 14.4. The lowest BCUT2D eigenvalue weighted by atomic mass is 9.96. The van der Waals surface area contributed by atoms with Crippen LogP contribution in [-0.2, 0) is 6.54 Å². The monoisotopic (exact) mass is 426 g/mol. The Balaban J connectivity index is 1.53. The summed E-state index contributed by atoms with van der Waals surface area (Å²) in [5.41, 5.74) is 2.17. The second kappa shape index (κ2) is 8.79. The molecule has 4 rings (SSSR count). The largest absolute Gasteiger partial charge is 0.373 e. The zero-order valence-corrected chi connectivity index (χ0v) is 17.7. The van der Waals surface area contributed by atoms with E-state index in [0.29, 0.717) is 18.1 Å². The molecule has 2 aromatic rings. The van der Waals surface area contributed by atoms with E-state index in [0.717, 1.165) is 36.9 Å². The van der Waals surface area contributed by atoms with Gasteiger partial charge in [0.2, 0.25) is 0 Å². The molecule has 9 heteroatoms. The fourth-order valence-corrected chi connectivity index (χ4v) is 4.14. The highest BCUT2D eigenvalue weighted by Gasteiger charge is 2.30. The summed E-state index contributed by atoms with van der Waals surface area (Å²) in [4.78, 5) is 32.7. The van der Waals surface area contributed by atoms with Crippen molar-refractivity contribution < 1.29 is 14.0 Å². The van der Waals surface area contributed by atoms with Crippen LogP contribution in [0.5, 0.6) is 0 Å². The Morgan fingerprint density at radius 1 is 1.19 bits per heavy atom. The van der Waals surface area contributed by atoms with Gasteiger partial charge in [-0.05, 0) is 31.0 Å². The Bertz CT molecular complexity index is 992. The number of nitrogens with one attached hydrogen (secondary N) is 3. The van der Waals surface area contributed by atoms with Crippen molar-refractivity contribution in [1.29, 1.82) is 0 Å². The molecule has 3 N–H and O–H groups in total. The van der Waals surface area contributed by atoms with Crippen LogP contribution in [-0.4, -0.2) is 37.2 Å². The number of halogens is 1. The number of fused-ring (bicyclic) bond motifs is 1. The van der Waals surface area contributed by atoms with Crippen molar-refractivity contribution in [2.75, 3.05) is 34.5 Å². The number of rotatable bonds is 4. The number of anilines is 4. The highest BCUT2D eigenvalue weighted by atomic mass is 19.1. The Hall–Kier alpha value is -3.36. The molecule has 0 bridgehead atoms. The zero-order chi connectivity index (χ0) is 22.0. The van der Waals surface area contributed by atoms with Crippen molar-refractivity contribution >= 4 is 34.9 Å². The molecule has 31 heavy (non-hydrogen) atoms. The minimum atomic E-state index is -0.555. The second-order valence-corrected chi connectivity index (χ2v) is 7.97. The van der Waals surface area contributed by atoms with Crippen LogP contribution in [0.4, 0.5) is 36.9 Å². The molecule has 2 heterocycles. The molecule has 1 fully saturated rings. The number of carbonyl (C=O) groups is 2. The first-order valence-corrected chi connectivity index (χ1v) is 10.5. The van der Waals surface area contributed by atoms with Gasteiger partial charge >= 0.3 is 12.1 Å². The van der Waals surface area contributed by atoms with Crippen LogP contribution in [0.3, 0.4) is 0 Å². The van der Waals surface area contributed by atoms with Gasteiger partial charge in [-0.2, -0.15) is 0 Å². The lowest BCUT2D eigenvalue weighted by molar-refractivity contribution is 0.244. The lowest BCUT2D eigenvalue weighted by Gasteiger charge is -2.35. The number of aromatic nitrogens is 1. The first-order valence-electron chi connectivity index (χ1n) is 10.5. The maximum Gasteiger partial charge on any atom is 0.329 e. The summed E-state index contributed by atoms with van der Waals surface area (Å²) in [5, 5.41) is 8.48. The number of hydrogen-bond acceptors (Lipinski definition) is 4. The Kier molecular flexibility index (Phi) is 5.92. The van der Waals surface area contributed by atoms with Crippen molar-refractivity contribution in [3.63, 3.8) is 0 Å². The van der Waals surface area contributed by atoms with Crippen LogP contribution >= 0.6 is 0 Å². The third-order valence-corrected chi connectivity index (χ3v) is 5.88. The van der Waals surface area contributed by atoms with E-state index in [1.165, 1.54) is 34.4 Å². The molecule has 4 amide bonds. The van der Waals surface area contributed by atoms with Gasteiger partial charge in [0.15, 0.2) is 0 Å². The molecule has 0 radical (unpaired) electrons. The van der Waals surface area contributed by atoms with Crippen LogP contribution < -0.4 is 25.8 Å². The molecule has 2 aliphatic rings. The minimum absolute atomic E-state index is 0.0377. The van der Waals surface area contributed by atoms with E-state index in [4.69, 9.17) is 0 Å². The molecule has 1 aromatic heterocycles. The van der Waals surface area contributed by atoms with Crippen LogP contribution in [0.15, 0.2) is 30.5 Å². The van der Waals surface area contributed by atoms with Gasteiger partial charge in [-0.25, -0.2) is 19.0 Å². The number of urea groups is 2. The number of pyridine rings is 1. The van der Waals surface area contributed by atoms with E-state index in [1.54, 1.807) is 20.3 Å². The molecule has 8 nitrogen and oxygen atoms in total. The summed E-state index contributed by atoms with van der Waals surface area (Å²) in [5.74, 6) is 0.116. The minimum Gasteiger partial charge on any atom is -0.373 e. The van der Waals surface area contributed by atoms with Gasteiger partial charge in [-0.15, -0.1) is 0 Å². The first kappa shape index (κ1) is 20.9. The summed E-state index contributed by atoms with van der Waals surface area (Å²) in [6.45, 7) is 0.300. The van der Waals surface area contributed by atoms with Crippen molar-refractivity contribution in [2.24, 2.45) is 0 Å². The van der Waals surface area contributed by atoms with Crippen LogP contribution in [0, 0.1) is 5.82 Å². The van der Waals surface area contributed by atoms with Gasteiger partial charge in [-0.1, -0.05) is 19.3 Å². The normalized spacial score (nSPS) is 16.7. The molecule has 164 valence electrons. The maximum atomic E-state index is 14.4. The molecule has 1 saturated carbocycles. The van der Waals surface area contributed by atoms with E-state index >= 15 is 0 Å². The third kappa shape index (κ3) is 4.40. The highest BCUT2D eigenvalue weighted by Crippen LogP contribution is 2.33. The Morgan fingerprint density at radius 3 is 2.71 bits per heavy atom. The molecule has 0 saturated heterocycles. The van der Waals surface area contributed by atoms with Gasteiger partial charge in [0.1, 0.15) is 11.6 Å². The molecular formula is C22H27FN6O2. The predicted molar refractivity (Wildman–Crippen MR) is 119 cm³/mol. The molecule has 1 aliphatic heterocycles. The quantitative estimate of drug-likeness (QED) is 0.680. The van der Waals surface area contributed by atoms with Crippen molar-refractivity contribution in [1.82, 2.24) is 10.3 Å². The summed E-state index contributed by atoms with van der Waals surface area (Å²) in [7, 11) is 3.45. The van der Waals surface area contributed by atoms with E-state index in [9.17, 15) is 14.0 Å². The molecule has 0 atom stereocenters. The van der Waals surface area contributed by atoms with Crippen molar-refractivity contribution in [3.05, 3.63) is 41.8 Å². The first-order chi connectivity index (χ1) is 15.0. The topological polar surface area (TPSA) is 89.6 Å². The summed E-state index contributed by atoms with van der Waals surface area (Å²) in [6.07, 6.45) is 6.96. The van der Waals surface area contributed by atoms with Gasteiger partial charge in [0.25, 0.3) is 0 Å². The number of benzene rings is 1. The summed E-state index contributed by atoms with van der Waals surface area (Å²) in [6, 6.07) is 5.54. The number of carbonyl (C=O) groups excluding carboxylic acids is 2. The van der Waals surface area contributed by atoms with Gasteiger partial charge in [0.05, 0.1) is 17.9 Å². The molecular weight excluding hydrogens is 399 g/mol. The van der Waals surface area contributed by atoms with E-state index in [2.05, 4.69) is 20.9 Å². The molecule has 0 unspecified atom stereocenters. The Morgan fingerprint density at radius 2 is 1.97 bits per heavy atom. The predicted octanol–water partition coefficient (Wildman–Crippen LogP) is 4.29. The molecule has 1 aliphatic carbocycles. The highest BCUT2D eigenvalue weighted by molar-refractivity contribution is 6.06. The number of nitrogens with zero attached hydrogens (tertiary/aromatic N) is 3. The van der Waals surface area contributed by atoms with E-state index in [1.807, 2.05) is 6.07 Å². The molecule has 0 spiro atoms. The standard InChI is InChI=1S/C22H27FN6O2/c1-24-20-11-19-14(12-25-20)13-29(22(31)28(19)2)16-8-9-17(23)18(10-16)27-21(30)26-15-6-4-3-5-7-15/h8-12,15H,3-7,13H2,1-2H3,(H,24,25)(H2,26,27,30). The van der Waals surface area contributed by atoms with Crippen LogP contribution in [0.1, 0.15) is 37.7 Å². The lowest BCUT2D eigenvalue weighted by Crippen LogP contribution is -2.45. The van der Waals surface area contributed by atoms with Gasteiger partial charge in [0, 0.05) is 43.7 Å². The molecule has 1 aromatic carbocycles. The fraction of sp³-hybridized carbons (Fsp3) is 0.409. The van der Waals surface area contributed by atoms with Crippen molar-refractivity contribution in [3.8, 4) is 0 Å². The smallest absolute Gasteiger partial charge is 0.329 e. The fourth-order valence-electron chi connectivity index (χ4n) is 4.14. The number of hydrogen-bond donors (Lipinski definition) is 3. The van der Waals surface area contributed by atoms with Crippen LogP contribution in [0.25, 0.3) is 0 Å². The van der Waals surface area contributed by atoms with E-state index < -0.39 is 11.8 Å². The van der Waals surface area contributed by atoms with Crippen LogP contribution in [0.2, 0.25) is 0 Å². The third-order valence-electron chi connectivity index (χ3n) is 5.88. The SMILES string of the molecule is CNc1cc2c(cn1)CN(c1ccc(F)c(NC(=O)NC3CCCCC3)c1)C(=O)N2C. The van der Waals surface area contributed by atoms with Gasteiger partial charge in [-0.3, -0.25) is 9.80 Å². The van der Waals surface area contributed by atoms with E-state index in [-0.39, 0.29) is 17.8 Å².